The molecule has 2 aromatic heterocycles. The van der Waals surface area contributed by atoms with E-state index in [1.807, 2.05) is 0 Å². The van der Waals surface area contributed by atoms with E-state index in [1.165, 1.54) is 10.7 Å². The zero-order chi connectivity index (χ0) is 9.26. The van der Waals surface area contributed by atoms with Crippen LogP contribution in [-0.4, -0.2) is 20.0 Å². The summed E-state index contributed by atoms with van der Waals surface area (Å²) in [5, 5.41) is 9.94. The van der Waals surface area contributed by atoms with Gasteiger partial charge in [-0.15, -0.1) is 5.10 Å². The van der Waals surface area contributed by atoms with Crippen LogP contribution in [0.1, 0.15) is 0 Å². The number of nitrogens with two attached hydrogens (primary N) is 1. The number of hydrogen-bond acceptors (Lipinski definition) is 4. The number of rotatable bonds is 1. The first-order valence-corrected chi connectivity index (χ1v) is 3.63. The summed E-state index contributed by atoms with van der Waals surface area (Å²) in [5.41, 5.74) is 5.28. The quantitative estimate of drug-likeness (QED) is 0.616. The van der Waals surface area contributed by atoms with E-state index in [2.05, 4.69) is 15.3 Å². The minimum Gasteiger partial charge on any atom is -0.383 e. The highest BCUT2D eigenvalue weighted by Crippen LogP contribution is 2.03. The lowest BCUT2D eigenvalue weighted by Gasteiger charge is -2.00. The molecule has 0 aliphatic rings. The number of anilines is 1. The highest BCUT2D eigenvalue weighted by Gasteiger charge is 2.02. The van der Waals surface area contributed by atoms with Crippen LogP contribution in [0.25, 0.3) is 5.82 Å². The first-order chi connectivity index (χ1) is 6.27. The fourth-order valence-corrected chi connectivity index (χ4v) is 1.01. The van der Waals surface area contributed by atoms with Crippen LogP contribution in [0.5, 0.6) is 0 Å². The van der Waals surface area contributed by atoms with Crippen molar-refractivity contribution in [2.45, 2.75) is 0 Å². The summed E-state index contributed by atoms with van der Waals surface area (Å²) in [5.74, 6) is 0.799. The number of aromatic nitrogens is 4. The SMILES string of the molecule is Nc1cc(=O)[nH]n1-c1cccnn1. The van der Waals surface area contributed by atoms with Crippen LogP contribution in [0.15, 0.2) is 29.2 Å². The van der Waals surface area contributed by atoms with Crippen LogP contribution in [0, 0.1) is 0 Å². The molecule has 6 heteroatoms. The van der Waals surface area contributed by atoms with Gasteiger partial charge in [0.2, 0.25) is 0 Å². The van der Waals surface area contributed by atoms with Gasteiger partial charge in [-0.05, 0) is 12.1 Å². The lowest BCUT2D eigenvalue weighted by Crippen LogP contribution is -2.07. The molecular formula is C7H7N5O. The molecule has 13 heavy (non-hydrogen) atoms. The van der Waals surface area contributed by atoms with Gasteiger partial charge in [-0.25, -0.2) is 4.68 Å². The van der Waals surface area contributed by atoms with Gasteiger partial charge in [-0.1, -0.05) is 0 Å². The zero-order valence-corrected chi connectivity index (χ0v) is 6.64. The largest absolute Gasteiger partial charge is 0.383 e. The second kappa shape index (κ2) is 2.74. The Morgan fingerprint density at radius 1 is 1.54 bits per heavy atom. The minimum atomic E-state index is -0.261. The van der Waals surface area contributed by atoms with E-state index in [1.54, 1.807) is 18.3 Å². The van der Waals surface area contributed by atoms with Gasteiger partial charge in [0.05, 0.1) is 0 Å². The van der Waals surface area contributed by atoms with Crippen LogP contribution in [-0.2, 0) is 0 Å². The predicted molar refractivity (Wildman–Crippen MR) is 46.4 cm³/mol. The Kier molecular flexibility index (Phi) is 1.59. The maximum Gasteiger partial charge on any atom is 0.266 e. The number of nitrogens with zero attached hydrogens (tertiary/aromatic N) is 3. The third kappa shape index (κ3) is 1.28. The standard InChI is InChI=1S/C7H7N5O/c8-5-4-7(13)11-12(5)6-2-1-3-9-10-6/h1-4H,8H2,(H,11,13). The van der Waals surface area contributed by atoms with E-state index >= 15 is 0 Å². The summed E-state index contributed by atoms with van der Waals surface area (Å²) >= 11 is 0. The van der Waals surface area contributed by atoms with Crippen molar-refractivity contribution >= 4 is 5.82 Å². The molecule has 0 radical (unpaired) electrons. The number of nitrogen functional groups attached to an aromatic ring is 1. The van der Waals surface area contributed by atoms with E-state index in [9.17, 15) is 4.79 Å². The van der Waals surface area contributed by atoms with Gasteiger partial charge in [0, 0.05) is 12.3 Å². The molecule has 0 bridgehead atoms. The predicted octanol–water partition coefficient (Wildman–Crippen LogP) is -0.462. The summed E-state index contributed by atoms with van der Waals surface area (Å²) in [6, 6.07) is 4.69. The molecule has 66 valence electrons. The molecular weight excluding hydrogens is 170 g/mol. The van der Waals surface area contributed by atoms with Crippen LogP contribution in [0.2, 0.25) is 0 Å². The molecule has 0 aromatic carbocycles. The second-order valence-corrected chi connectivity index (χ2v) is 2.46. The van der Waals surface area contributed by atoms with E-state index in [4.69, 9.17) is 5.73 Å². The molecule has 0 amide bonds. The molecule has 0 atom stereocenters. The fraction of sp³-hybridized carbons (Fsp3) is 0. The Hall–Kier alpha value is -2.11. The van der Waals surface area contributed by atoms with Gasteiger partial charge in [0.1, 0.15) is 5.82 Å². The summed E-state index contributed by atoms with van der Waals surface area (Å²) in [7, 11) is 0. The van der Waals surface area contributed by atoms with Crippen LogP contribution >= 0.6 is 0 Å². The normalized spacial score (nSPS) is 10.2. The van der Waals surface area contributed by atoms with Crippen LogP contribution in [0.3, 0.4) is 0 Å². The third-order valence-corrected chi connectivity index (χ3v) is 1.55. The summed E-state index contributed by atoms with van der Waals surface area (Å²) in [6.07, 6.45) is 1.54. The Bertz CT molecular complexity index is 457. The smallest absolute Gasteiger partial charge is 0.266 e. The van der Waals surface area contributed by atoms with Crippen molar-refractivity contribution in [3.8, 4) is 5.82 Å². The van der Waals surface area contributed by atoms with E-state index in [-0.39, 0.29) is 5.56 Å². The van der Waals surface area contributed by atoms with Crippen molar-refractivity contribution in [3.05, 3.63) is 34.7 Å². The van der Waals surface area contributed by atoms with Crippen LogP contribution in [0.4, 0.5) is 5.82 Å². The fourth-order valence-electron chi connectivity index (χ4n) is 1.01. The van der Waals surface area contributed by atoms with E-state index in [0.717, 1.165) is 0 Å². The molecule has 2 aromatic rings. The summed E-state index contributed by atoms with van der Waals surface area (Å²) < 4.78 is 1.37. The van der Waals surface area contributed by atoms with Gasteiger partial charge in [-0.2, -0.15) is 5.10 Å². The second-order valence-electron chi connectivity index (χ2n) is 2.46. The van der Waals surface area contributed by atoms with Crippen molar-refractivity contribution < 1.29 is 0 Å². The van der Waals surface area contributed by atoms with E-state index in [0.29, 0.717) is 11.6 Å². The third-order valence-electron chi connectivity index (χ3n) is 1.55. The van der Waals surface area contributed by atoms with Crippen molar-refractivity contribution in [2.75, 3.05) is 5.73 Å². The maximum absolute atomic E-state index is 10.9. The summed E-state index contributed by atoms with van der Waals surface area (Å²) in [4.78, 5) is 10.9. The molecule has 3 N–H and O–H groups in total. The molecule has 0 aliphatic carbocycles. The number of H-pyrrole nitrogens is 1. The molecule has 6 nitrogen and oxygen atoms in total. The highest BCUT2D eigenvalue weighted by molar-refractivity contribution is 5.35. The van der Waals surface area contributed by atoms with Gasteiger partial charge in [0.15, 0.2) is 5.82 Å². The van der Waals surface area contributed by atoms with Gasteiger partial charge in [-0.3, -0.25) is 9.89 Å². The van der Waals surface area contributed by atoms with Gasteiger partial charge >= 0.3 is 0 Å². The number of hydrogen-bond donors (Lipinski definition) is 2. The monoisotopic (exact) mass is 177 g/mol. The molecule has 0 fully saturated rings. The lowest BCUT2D eigenvalue weighted by molar-refractivity contribution is 0.812. The number of nitrogens with one attached hydrogen (secondary N) is 1. The molecule has 0 spiro atoms. The van der Waals surface area contributed by atoms with Crippen molar-refractivity contribution in [2.24, 2.45) is 0 Å². The van der Waals surface area contributed by atoms with Crippen molar-refractivity contribution in [3.63, 3.8) is 0 Å². The molecule has 0 aliphatic heterocycles. The van der Waals surface area contributed by atoms with Crippen LogP contribution < -0.4 is 11.3 Å². The van der Waals surface area contributed by atoms with Gasteiger partial charge < -0.3 is 5.73 Å². The first kappa shape index (κ1) is 7.53. The maximum atomic E-state index is 10.9. The molecule has 0 saturated heterocycles. The summed E-state index contributed by atoms with van der Waals surface area (Å²) in [6.45, 7) is 0. The first-order valence-electron chi connectivity index (χ1n) is 3.63. The molecule has 2 rings (SSSR count). The molecule has 2 heterocycles. The van der Waals surface area contributed by atoms with Crippen molar-refractivity contribution in [1.29, 1.82) is 0 Å². The Labute approximate surface area is 73.0 Å². The topological polar surface area (TPSA) is 89.6 Å². The van der Waals surface area contributed by atoms with Crippen molar-refractivity contribution in [1.82, 2.24) is 20.0 Å². The van der Waals surface area contributed by atoms with Gasteiger partial charge in [0.25, 0.3) is 5.56 Å². The highest BCUT2D eigenvalue weighted by atomic mass is 16.1. The van der Waals surface area contributed by atoms with E-state index < -0.39 is 0 Å². The lowest BCUT2D eigenvalue weighted by atomic mass is 10.5. The average molecular weight is 177 g/mol. The Morgan fingerprint density at radius 2 is 2.38 bits per heavy atom. The Balaban J connectivity index is 2.59. The number of aromatic amines is 1. The molecule has 0 saturated carbocycles. The molecule has 0 unspecified atom stereocenters. The minimum absolute atomic E-state index is 0.261. The zero-order valence-electron chi connectivity index (χ0n) is 6.64. The average Bonchev–Trinajstić information content (AvgIpc) is 2.47. The Morgan fingerprint density at radius 3 is 2.92 bits per heavy atom.